The summed E-state index contributed by atoms with van der Waals surface area (Å²) in [5.41, 5.74) is 7.26. The van der Waals surface area contributed by atoms with Gasteiger partial charge in [0, 0.05) is 34.8 Å². The van der Waals surface area contributed by atoms with Gasteiger partial charge >= 0.3 is 0 Å². The maximum atomic E-state index is 12.2. The van der Waals surface area contributed by atoms with Crippen molar-refractivity contribution < 1.29 is 4.79 Å². The molecule has 0 bridgehead atoms. The molecule has 0 spiro atoms. The highest BCUT2D eigenvalue weighted by Gasteiger charge is 2.14. The van der Waals surface area contributed by atoms with Crippen LogP contribution >= 0.6 is 11.6 Å². The van der Waals surface area contributed by atoms with Crippen LogP contribution in [0.4, 0.5) is 5.69 Å². The Bertz CT molecular complexity index is 952. The van der Waals surface area contributed by atoms with E-state index in [2.05, 4.69) is 10.3 Å². The zero-order valence-electron chi connectivity index (χ0n) is 12.8. The van der Waals surface area contributed by atoms with E-state index in [0.29, 0.717) is 16.1 Å². The second-order valence-electron chi connectivity index (χ2n) is 5.49. The first kappa shape index (κ1) is 16.2. The lowest BCUT2D eigenvalue weighted by Gasteiger charge is -2.13. The number of H-pyrrole nitrogens is 1. The molecule has 0 radical (unpaired) electrons. The van der Waals surface area contributed by atoms with Crippen molar-refractivity contribution in [3.8, 4) is 0 Å². The molecular weight excluding hydrogens is 326 g/mol. The minimum atomic E-state index is -0.484. The van der Waals surface area contributed by atoms with Crippen molar-refractivity contribution in [1.82, 2.24) is 4.98 Å². The monoisotopic (exact) mass is 341 g/mol. The van der Waals surface area contributed by atoms with E-state index in [1.165, 1.54) is 0 Å². The number of benzene rings is 2. The number of nitrogens with two attached hydrogens (primary N) is 1. The minimum Gasteiger partial charge on any atom is -0.329 e. The second kappa shape index (κ2) is 6.86. The molecule has 0 aliphatic carbocycles. The average Bonchev–Trinajstić information content (AvgIpc) is 2.55. The highest BCUT2D eigenvalue weighted by Crippen LogP contribution is 2.24. The summed E-state index contributed by atoms with van der Waals surface area (Å²) in [6, 6.07) is 13.6. The largest absolute Gasteiger partial charge is 0.329 e. The van der Waals surface area contributed by atoms with Crippen molar-refractivity contribution >= 4 is 34.0 Å². The molecule has 1 aromatic heterocycles. The van der Waals surface area contributed by atoms with Crippen LogP contribution in [0.2, 0.25) is 5.02 Å². The van der Waals surface area contributed by atoms with E-state index in [1.807, 2.05) is 18.2 Å². The van der Waals surface area contributed by atoms with E-state index in [0.717, 1.165) is 10.9 Å². The van der Waals surface area contributed by atoms with Crippen LogP contribution in [0.25, 0.3) is 10.8 Å². The molecule has 0 fully saturated rings. The van der Waals surface area contributed by atoms with Crippen LogP contribution in [0.5, 0.6) is 0 Å². The molecule has 24 heavy (non-hydrogen) atoms. The number of fused-ring (bicyclic) bond motifs is 1. The van der Waals surface area contributed by atoms with Gasteiger partial charge in [-0.05, 0) is 41.3 Å². The molecule has 0 aliphatic rings. The molecular formula is C18H16ClN3O2. The van der Waals surface area contributed by atoms with E-state index >= 15 is 0 Å². The molecule has 1 amide bonds. The van der Waals surface area contributed by atoms with Gasteiger partial charge in [0.15, 0.2) is 0 Å². The molecule has 1 heterocycles. The van der Waals surface area contributed by atoms with Gasteiger partial charge in [-0.1, -0.05) is 29.8 Å². The van der Waals surface area contributed by atoms with Crippen LogP contribution in [0.3, 0.4) is 0 Å². The molecule has 122 valence electrons. The van der Waals surface area contributed by atoms with Crippen molar-refractivity contribution in [3.05, 3.63) is 75.7 Å². The number of hydrogen-bond acceptors (Lipinski definition) is 3. The summed E-state index contributed by atoms with van der Waals surface area (Å²) in [7, 11) is 0. The van der Waals surface area contributed by atoms with Crippen LogP contribution in [0.15, 0.2) is 59.5 Å². The van der Waals surface area contributed by atoms with Crippen LogP contribution in [0.1, 0.15) is 18.0 Å². The van der Waals surface area contributed by atoms with Crippen LogP contribution in [-0.4, -0.2) is 10.9 Å². The summed E-state index contributed by atoms with van der Waals surface area (Å²) in [4.78, 5) is 26.5. The molecule has 0 saturated heterocycles. The Kier molecular flexibility index (Phi) is 4.64. The summed E-state index contributed by atoms with van der Waals surface area (Å²) in [6.07, 6.45) is 1.68. The normalized spacial score (nSPS) is 12.1. The Morgan fingerprint density at radius 1 is 1.21 bits per heavy atom. The predicted octanol–water partition coefficient (Wildman–Crippen LogP) is 3.21. The average molecular weight is 342 g/mol. The molecule has 6 heteroatoms. The number of aromatic amines is 1. The third-order valence-corrected chi connectivity index (χ3v) is 4.11. The summed E-state index contributed by atoms with van der Waals surface area (Å²) in [5, 5.41) is 4.67. The quantitative estimate of drug-likeness (QED) is 0.680. The number of pyridine rings is 1. The van der Waals surface area contributed by atoms with Gasteiger partial charge in [0.1, 0.15) is 0 Å². The highest BCUT2D eigenvalue weighted by atomic mass is 35.5. The zero-order chi connectivity index (χ0) is 17.1. The number of carbonyl (C=O) groups is 1. The number of nitrogens with one attached hydrogen (secondary N) is 2. The molecule has 4 N–H and O–H groups in total. The van der Waals surface area contributed by atoms with E-state index in [9.17, 15) is 9.59 Å². The Morgan fingerprint density at radius 3 is 2.79 bits per heavy atom. The molecule has 3 rings (SSSR count). The SMILES string of the molecule is NC(CC(=O)Nc1ccc2c(=O)[nH]ccc2c1)c1ccccc1Cl. The summed E-state index contributed by atoms with van der Waals surface area (Å²) in [5.74, 6) is -0.216. The summed E-state index contributed by atoms with van der Waals surface area (Å²) < 4.78 is 0. The first-order chi connectivity index (χ1) is 11.5. The Labute approximate surface area is 143 Å². The lowest BCUT2D eigenvalue weighted by molar-refractivity contribution is -0.116. The third kappa shape index (κ3) is 3.48. The first-order valence-corrected chi connectivity index (χ1v) is 7.84. The topological polar surface area (TPSA) is 88.0 Å². The first-order valence-electron chi connectivity index (χ1n) is 7.46. The maximum absolute atomic E-state index is 12.2. The molecule has 3 aromatic rings. The van der Waals surface area contributed by atoms with Gasteiger partial charge < -0.3 is 16.0 Å². The van der Waals surface area contributed by atoms with Gasteiger partial charge in [-0.2, -0.15) is 0 Å². The molecule has 1 unspecified atom stereocenters. The van der Waals surface area contributed by atoms with Crippen molar-refractivity contribution in [1.29, 1.82) is 0 Å². The number of amides is 1. The fraction of sp³-hybridized carbons (Fsp3) is 0.111. The minimum absolute atomic E-state index is 0.108. The molecule has 0 aliphatic heterocycles. The third-order valence-electron chi connectivity index (χ3n) is 3.77. The number of aromatic nitrogens is 1. The molecule has 1 atom stereocenters. The predicted molar refractivity (Wildman–Crippen MR) is 96.2 cm³/mol. The van der Waals surface area contributed by atoms with Gasteiger partial charge in [-0.15, -0.1) is 0 Å². The molecule has 0 saturated carbocycles. The lowest BCUT2D eigenvalue weighted by atomic mass is 10.0. The number of carbonyl (C=O) groups excluding carboxylic acids is 1. The second-order valence-corrected chi connectivity index (χ2v) is 5.90. The van der Waals surface area contributed by atoms with E-state index in [-0.39, 0.29) is 17.9 Å². The number of anilines is 1. The van der Waals surface area contributed by atoms with Crippen LogP contribution < -0.4 is 16.6 Å². The summed E-state index contributed by atoms with van der Waals surface area (Å²) in [6.45, 7) is 0. The van der Waals surface area contributed by atoms with Gasteiger partial charge in [-0.3, -0.25) is 9.59 Å². The van der Waals surface area contributed by atoms with Crippen molar-refractivity contribution in [2.45, 2.75) is 12.5 Å². The standard InChI is InChI=1S/C18H16ClN3O2/c19-15-4-2-1-3-14(15)16(20)10-17(23)22-12-5-6-13-11(9-12)7-8-21-18(13)24/h1-9,16H,10,20H2,(H,21,24)(H,22,23). The zero-order valence-corrected chi connectivity index (χ0v) is 13.5. The van der Waals surface area contributed by atoms with Crippen molar-refractivity contribution in [2.24, 2.45) is 5.73 Å². The van der Waals surface area contributed by atoms with Gasteiger partial charge in [0.25, 0.3) is 5.56 Å². The van der Waals surface area contributed by atoms with E-state index < -0.39 is 6.04 Å². The van der Waals surface area contributed by atoms with E-state index in [4.69, 9.17) is 17.3 Å². The number of halogens is 1. The Morgan fingerprint density at radius 2 is 2.00 bits per heavy atom. The lowest BCUT2D eigenvalue weighted by Crippen LogP contribution is -2.21. The molecule has 5 nitrogen and oxygen atoms in total. The van der Waals surface area contributed by atoms with Crippen LogP contribution in [-0.2, 0) is 4.79 Å². The Hall–Kier alpha value is -2.63. The molecule has 2 aromatic carbocycles. The van der Waals surface area contributed by atoms with Crippen LogP contribution in [0, 0.1) is 0 Å². The van der Waals surface area contributed by atoms with Crippen molar-refractivity contribution in [2.75, 3.05) is 5.32 Å². The Balaban J connectivity index is 1.73. The van der Waals surface area contributed by atoms with Gasteiger partial charge in [0.05, 0.1) is 0 Å². The van der Waals surface area contributed by atoms with Gasteiger partial charge in [-0.25, -0.2) is 0 Å². The van der Waals surface area contributed by atoms with E-state index in [1.54, 1.807) is 36.5 Å². The highest BCUT2D eigenvalue weighted by molar-refractivity contribution is 6.31. The van der Waals surface area contributed by atoms with Crippen molar-refractivity contribution in [3.63, 3.8) is 0 Å². The maximum Gasteiger partial charge on any atom is 0.255 e. The van der Waals surface area contributed by atoms with Gasteiger partial charge in [0.2, 0.25) is 5.91 Å². The smallest absolute Gasteiger partial charge is 0.255 e. The number of rotatable bonds is 4. The number of hydrogen-bond donors (Lipinski definition) is 3. The fourth-order valence-corrected chi connectivity index (χ4v) is 2.84. The summed E-state index contributed by atoms with van der Waals surface area (Å²) >= 11 is 6.10. The fourth-order valence-electron chi connectivity index (χ4n) is 2.57.